The number of rotatable bonds is 4. The van der Waals surface area contributed by atoms with Crippen molar-refractivity contribution in [1.82, 2.24) is 9.88 Å². The second-order valence-corrected chi connectivity index (χ2v) is 5.95. The number of hydrogen-bond acceptors (Lipinski definition) is 3. The molecule has 0 amide bonds. The van der Waals surface area contributed by atoms with Crippen LogP contribution in [0.4, 0.5) is 4.39 Å². The Labute approximate surface area is 130 Å². The number of aliphatic hydroxyl groups excluding tert-OH is 1. The standard InChI is InChI=1S/C18H21FN2O/c1-13-11-15(19)4-5-16(13)18(22)12-21-10-2-3-17(21)14-6-8-20-9-7-14/h4-9,11,17-18,22H,2-3,10,12H2,1H3. The smallest absolute Gasteiger partial charge is 0.123 e. The number of β-amino-alcohol motifs (C(OH)–C–C–N with tert-alkyl or cyclic N) is 1. The lowest BCUT2D eigenvalue weighted by Gasteiger charge is -2.27. The number of likely N-dealkylation sites (tertiary alicyclic amines) is 1. The summed E-state index contributed by atoms with van der Waals surface area (Å²) >= 11 is 0. The summed E-state index contributed by atoms with van der Waals surface area (Å²) in [5.74, 6) is -0.260. The first-order chi connectivity index (χ1) is 10.6. The molecule has 0 saturated carbocycles. The summed E-state index contributed by atoms with van der Waals surface area (Å²) in [7, 11) is 0. The van der Waals surface area contributed by atoms with Crippen LogP contribution < -0.4 is 0 Å². The van der Waals surface area contributed by atoms with Crippen LogP contribution in [0.3, 0.4) is 0 Å². The highest BCUT2D eigenvalue weighted by molar-refractivity contribution is 5.29. The molecule has 0 radical (unpaired) electrons. The van der Waals surface area contributed by atoms with E-state index >= 15 is 0 Å². The highest BCUT2D eigenvalue weighted by Crippen LogP contribution is 2.33. The zero-order valence-corrected chi connectivity index (χ0v) is 12.7. The van der Waals surface area contributed by atoms with Crippen LogP contribution in [-0.4, -0.2) is 28.1 Å². The lowest BCUT2D eigenvalue weighted by atomic mass is 10.0. The zero-order chi connectivity index (χ0) is 15.5. The Kier molecular flexibility index (Phi) is 4.50. The molecule has 2 heterocycles. The van der Waals surface area contributed by atoms with Gasteiger partial charge in [-0.15, -0.1) is 0 Å². The summed E-state index contributed by atoms with van der Waals surface area (Å²) in [6.07, 6.45) is 5.25. The van der Waals surface area contributed by atoms with E-state index in [4.69, 9.17) is 0 Å². The third-order valence-corrected chi connectivity index (χ3v) is 4.45. The van der Waals surface area contributed by atoms with Gasteiger partial charge in [0.1, 0.15) is 5.82 Å². The first-order valence-corrected chi connectivity index (χ1v) is 7.73. The van der Waals surface area contributed by atoms with E-state index in [-0.39, 0.29) is 5.82 Å². The summed E-state index contributed by atoms with van der Waals surface area (Å²) in [5, 5.41) is 10.5. The van der Waals surface area contributed by atoms with E-state index in [1.807, 2.05) is 31.5 Å². The molecule has 2 unspecified atom stereocenters. The largest absolute Gasteiger partial charge is 0.387 e. The van der Waals surface area contributed by atoms with Crippen LogP contribution in [0.2, 0.25) is 0 Å². The Balaban J connectivity index is 1.74. The van der Waals surface area contributed by atoms with Crippen molar-refractivity contribution in [2.24, 2.45) is 0 Å². The summed E-state index contributed by atoms with van der Waals surface area (Å²) in [6, 6.07) is 8.99. The van der Waals surface area contributed by atoms with Gasteiger partial charge in [-0.2, -0.15) is 0 Å². The molecular formula is C18H21FN2O. The van der Waals surface area contributed by atoms with Gasteiger partial charge in [0, 0.05) is 25.0 Å². The van der Waals surface area contributed by atoms with Gasteiger partial charge in [0.05, 0.1) is 6.10 Å². The molecule has 0 bridgehead atoms. The second-order valence-electron chi connectivity index (χ2n) is 5.95. The maximum Gasteiger partial charge on any atom is 0.123 e. The molecule has 22 heavy (non-hydrogen) atoms. The summed E-state index contributed by atoms with van der Waals surface area (Å²) < 4.78 is 13.2. The third kappa shape index (κ3) is 3.18. The molecule has 1 aliphatic heterocycles. The van der Waals surface area contributed by atoms with Crippen LogP contribution in [0, 0.1) is 12.7 Å². The molecular weight excluding hydrogens is 279 g/mol. The van der Waals surface area contributed by atoms with Crippen molar-refractivity contribution in [1.29, 1.82) is 0 Å². The average Bonchev–Trinajstić information content (AvgIpc) is 2.96. The highest BCUT2D eigenvalue weighted by atomic mass is 19.1. The van der Waals surface area contributed by atoms with Crippen molar-refractivity contribution >= 4 is 0 Å². The van der Waals surface area contributed by atoms with Crippen molar-refractivity contribution in [3.8, 4) is 0 Å². The third-order valence-electron chi connectivity index (χ3n) is 4.45. The number of aryl methyl sites for hydroxylation is 1. The predicted molar refractivity (Wildman–Crippen MR) is 83.9 cm³/mol. The Morgan fingerprint density at radius 1 is 1.32 bits per heavy atom. The van der Waals surface area contributed by atoms with Crippen LogP contribution in [0.5, 0.6) is 0 Å². The minimum absolute atomic E-state index is 0.260. The van der Waals surface area contributed by atoms with Gasteiger partial charge in [-0.3, -0.25) is 9.88 Å². The predicted octanol–water partition coefficient (Wildman–Crippen LogP) is 3.40. The fraction of sp³-hybridized carbons (Fsp3) is 0.389. The molecule has 0 spiro atoms. The van der Waals surface area contributed by atoms with Crippen molar-refractivity contribution in [2.75, 3.05) is 13.1 Å². The Morgan fingerprint density at radius 2 is 2.09 bits per heavy atom. The molecule has 1 aliphatic rings. The SMILES string of the molecule is Cc1cc(F)ccc1C(O)CN1CCCC1c1ccncc1. The Morgan fingerprint density at radius 3 is 2.82 bits per heavy atom. The Hall–Kier alpha value is -1.78. The minimum atomic E-state index is -0.594. The van der Waals surface area contributed by atoms with Crippen LogP contribution >= 0.6 is 0 Å². The van der Waals surface area contributed by atoms with Crippen molar-refractivity contribution in [3.05, 3.63) is 65.2 Å². The average molecular weight is 300 g/mol. The summed E-state index contributed by atoms with van der Waals surface area (Å²) in [6.45, 7) is 3.38. The first kappa shape index (κ1) is 15.1. The lowest BCUT2D eigenvalue weighted by Crippen LogP contribution is -2.28. The monoisotopic (exact) mass is 300 g/mol. The number of hydrogen-bond donors (Lipinski definition) is 1. The van der Waals surface area contributed by atoms with E-state index < -0.39 is 6.10 Å². The maximum atomic E-state index is 13.2. The highest BCUT2D eigenvalue weighted by Gasteiger charge is 2.28. The molecule has 2 aromatic rings. The number of nitrogens with zero attached hydrogens (tertiary/aromatic N) is 2. The van der Waals surface area contributed by atoms with Crippen LogP contribution in [-0.2, 0) is 0 Å². The molecule has 1 fully saturated rings. The first-order valence-electron chi connectivity index (χ1n) is 7.73. The molecule has 1 aromatic carbocycles. The number of aromatic nitrogens is 1. The number of pyridine rings is 1. The normalized spacial score (nSPS) is 20.2. The van der Waals surface area contributed by atoms with Crippen molar-refractivity contribution in [3.63, 3.8) is 0 Å². The fourth-order valence-corrected chi connectivity index (χ4v) is 3.34. The van der Waals surface area contributed by atoms with Crippen LogP contribution in [0.25, 0.3) is 0 Å². The molecule has 4 heteroatoms. The second kappa shape index (κ2) is 6.55. The quantitative estimate of drug-likeness (QED) is 0.940. The van der Waals surface area contributed by atoms with E-state index in [0.717, 1.165) is 30.5 Å². The van der Waals surface area contributed by atoms with Gasteiger partial charge in [-0.05, 0) is 67.3 Å². The van der Waals surface area contributed by atoms with Crippen molar-refractivity contribution in [2.45, 2.75) is 31.9 Å². The molecule has 3 rings (SSSR count). The van der Waals surface area contributed by atoms with Crippen molar-refractivity contribution < 1.29 is 9.50 Å². The van der Waals surface area contributed by atoms with E-state index in [2.05, 4.69) is 9.88 Å². The molecule has 1 aromatic heterocycles. The molecule has 1 saturated heterocycles. The molecule has 3 nitrogen and oxygen atoms in total. The minimum Gasteiger partial charge on any atom is -0.387 e. The molecule has 1 N–H and O–H groups in total. The van der Waals surface area contributed by atoms with Gasteiger partial charge in [0.15, 0.2) is 0 Å². The lowest BCUT2D eigenvalue weighted by molar-refractivity contribution is 0.106. The molecule has 0 aliphatic carbocycles. The molecule has 116 valence electrons. The van der Waals surface area contributed by atoms with Gasteiger partial charge in [0.25, 0.3) is 0 Å². The van der Waals surface area contributed by atoms with E-state index in [9.17, 15) is 9.50 Å². The maximum absolute atomic E-state index is 13.2. The Bertz CT molecular complexity index is 632. The van der Waals surface area contributed by atoms with Gasteiger partial charge in [-0.25, -0.2) is 4.39 Å². The van der Waals surface area contributed by atoms with Crippen LogP contribution in [0.15, 0.2) is 42.7 Å². The number of benzene rings is 1. The zero-order valence-electron chi connectivity index (χ0n) is 12.7. The topological polar surface area (TPSA) is 36.4 Å². The van der Waals surface area contributed by atoms with Gasteiger partial charge < -0.3 is 5.11 Å². The van der Waals surface area contributed by atoms with E-state index in [1.165, 1.54) is 17.7 Å². The van der Waals surface area contributed by atoms with E-state index in [0.29, 0.717) is 12.6 Å². The van der Waals surface area contributed by atoms with Gasteiger partial charge in [0.2, 0.25) is 0 Å². The number of aliphatic hydroxyl groups is 1. The number of halogens is 1. The van der Waals surface area contributed by atoms with Crippen LogP contribution in [0.1, 0.15) is 41.7 Å². The summed E-state index contributed by atoms with van der Waals surface area (Å²) in [4.78, 5) is 6.38. The molecule has 2 atom stereocenters. The van der Waals surface area contributed by atoms with E-state index in [1.54, 1.807) is 6.07 Å². The summed E-state index contributed by atoms with van der Waals surface area (Å²) in [5.41, 5.74) is 2.85. The van der Waals surface area contributed by atoms with Gasteiger partial charge >= 0.3 is 0 Å². The fourth-order valence-electron chi connectivity index (χ4n) is 3.34. The van der Waals surface area contributed by atoms with Gasteiger partial charge in [-0.1, -0.05) is 6.07 Å².